The van der Waals surface area contributed by atoms with Crippen molar-refractivity contribution in [2.75, 3.05) is 19.8 Å². The molecular formula is C54H88O22. The molecule has 4 aliphatic heterocycles. The van der Waals surface area contributed by atoms with Crippen LogP contribution in [0.5, 0.6) is 0 Å². The van der Waals surface area contributed by atoms with Crippen LogP contribution in [0.25, 0.3) is 0 Å². The number of hydrogen-bond donors (Lipinski definition) is 13. The molecule has 22 heteroatoms. The molecule has 29 atom stereocenters. The Morgan fingerprint density at radius 2 is 1.09 bits per heavy atom. The van der Waals surface area contributed by atoms with Crippen molar-refractivity contribution < 1.29 is 109 Å². The second-order valence-electron chi connectivity index (χ2n) is 26.1. The van der Waals surface area contributed by atoms with E-state index < -0.39 is 164 Å². The highest BCUT2D eigenvalue weighted by atomic mass is 16.8. The molecule has 5 aliphatic carbocycles. The second-order valence-corrected chi connectivity index (χ2v) is 26.1. The van der Waals surface area contributed by atoms with Crippen molar-refractivity contribution in [2.24, 2.45) is 50.2 Å². The summed E-state index contributed by atoms with van der Waals surface area (Å²) < 4.78 is 48.6. The van der Waals surface area contributed by atoms with Crippen LogP contribution in [0.4, 0.5) is 0 Å². The first kappa shape index (κ1) is 59.0. The van der Waals surface area contributed by atoms with E-state index in [4.69, 9.17) is 37.9 Å². The van der Waals surface area contributed by atoms with Gasteiger partial charge >= 0.3 is 5.97 Å². The van der Waals surface area contributed by atoms with Gasteiger partial charge in [0.15, 0.2) is 25.0 Å². The van der Waals surface area contributed by atoms with Gasteiger partial charge in [0.1, 0.15) is 79.4 Å². The van der Waals surface area contributed by atoms with Gasteiger partial charge in [-0.15, -0.1) is 0 Å². The van der Waals surface area contributed by atoms with Gasteiger partial charge in [0.05, 0.1) is 43.5 Å². The van der Waals surface area contributed by atoms with Gasteiger partial charge in [0.2, 0.25) is 6.29 Å². The van der Waals surface area contributed by atoms with E-state index in [1.807, 2.05) is 6.92 Å². The number of esters is 1. The molecule has 0 aromatic heterocycles. The van der Waals surface area contributed by atoms with Crippen LogP contribution in [-0.4, -0.2) is 221 Å². The van der Waals surface area contributed by atoms with Gasteiger partial charge < -0.3 is 104 Å². The van der Waals surface area contributed by atoms with Gasteiger partial charge in [-0.1, -0.05) is 53.2 Å². The van der Waals surface area contributed by atoms with Gasteiger partial charge in [-0.05, 0) is 117 Å². The second kappa shape index (κ2) is 21.3. The average Bonchev–Trinajstić information content (AvgIpc) is 3.43. The zero-order chi connectivity index (χ0) is 55.6. The zero-order valence-corrected chi connectivity index (χ0v) is 45.1. The summed E-state index contributed by atoms with van der Waals surface area (Å²) >= 11 is 0. The minimum Gasteiger partial charge on any atom is -0.432 e. The van der Waals surface area contributed by atoms with Crippen LogP contribution in [0.1, 0.15) is 120 Å². The molecule has 0 amide bonds. The Hall–Kier alpha value is -1.59. The van der Waals surface area contributed by atoms with Crippen LogP contribution < -0.4 is 0 Å². The van der Waals surface area contributed by atoms with E-state index >= 15 is 4.79 Å². The third-order valence-corrected chi connectivity index (χ3v) is 21.5. The van der Waals surface area contributed by atoms with Crippen molar-refractivity contribution in [1.29, 1.82) is 0 Å². The van der Waals surface area contributed by atoms with Gasteiger partial charge in [0.25, 0.3) is 0 Å². The fourth-order valence-corrected chi connectivity index (χ4v) is 16.4. The van der Waals surface area contributed by atoms with Crippen molar-refractivity contribution in [1.82, 2.24) is 0 Å². The number of rotatable bonds is 11. The molecule has 4 saturated heterocycles. The van der Waals surface area contributed by atoms with Crippen molar-refractivity contribution in [2.45, 2.75) is 249 Å². The van der Waals surface area contributed by atoms with Gasteiger partial charge in [-0.25, -0.2) is 0 Å². The Labute approximate surface area is 444 Å². The van der Waals surface area contributed by atoms with E-state index in [0.29, 0.717) is 51.4 Å². The number of aliphatic hydroxyl groups is 13. The highest BCUT2D eigenvalue weighted by Gasteiger charge is 2.71. The lowest BCUT2D eigenvalue weighted by Gasteiger charge is -2.71. The van der Waals surface area contributed by atoms with Crippen LogP contribution in [-0.2, 0) is 42.7 Å². The standard InChI is InChI=1S/C54H88O22/c1-23-32(58)36(62)40(66)44(69-23)74-42-38(64)33(59)24(2)70-46(42)73-31-12-13-50(5)29(51(31,6)22-57)11-14-53(8)30(50)10-9-25-26-19-49(3,4)15-17-54(26,18-16-52(25,53)7)48(68)76-47-43(39(65)35(61)28(21-56)72-47)75-45-41(67)37(63)34(60)27(20-55)71-45/h9,23-24,26-47,55-67H,10-22H2,1-8H3/t23-,24-,26+,27-,28-,29+,30+,31-,32-,33-,34-,35-,36+,37+,38+,39+,40-,41-,42-,43-,44+,45+,46+,47+,50-,51-,52+,53+,54+/m0/s1. The van der Waals surface area contributed by atoms with Crippen LogP contribution in [0.15, 0.2) is 11.6 Å². The molecule has 0 spiro atoms. The Kier molecular flexibility index (Phi) is 16.6. The van der Waals surface area contributed by atoms with Gasteiger partial charge in [-0.2, -0.15) is 0 Å². The monoisotopic (exact) mass is 1090 g/mol. The summed E-state index contributed by atoms with van der Waals surface area (Å²) in [4.78, 5) is 15.3. The summed E-state index contributed by atoms with van der Waals surface area (Å²) in [6.45, 7) is 14.8. The minimum absolute atomic E-state index is 0.0613. The summed E-state index contributed by atoms with van der Waals surface area (Å²) in [5.74, 6) is -0.826. The molecule has 436 valence electrons. The maximum absolute atomic E-state index is 15.3. The lowest BCUT2D eigenvalue weighted by Crippen LogP contribution is -2.67. The Balaban J connectivity index is 0.974. The Morgan fingerprint density at radius 1 is 0.566 bits per heavy atom. The molecule has 4 saturated carbocycles. The van der Waals surface area contributed by atoms with Gasteiger partial charge in [-0.3, -0.25) is 4.79 Å². The SMILES string of the molecule is C[C@@H]1O[C@H](O[C@@H]2[C@@H](O[C@H]3CC[C@@]4(C)[C@@H](CC[C@]5(C)[C@@H]4CC=C4[C@H]6CC(C)(C)CC[C@@]6(C(=O)O[C@H]6O[C@@H](CO)[C@H](O)[C@@H](O)[C@@H]6O[C@H]6O[C@@H](CO)[C@H](O)[C@@H](O)[C@@H]6O)CC[C@]45C)[C@]3(C)CO)O[C@@H](C)[C@H](O)[C@H]2O)[C@@H](O)[C@H](O)[C@H]1O. The first-order valence-corrected chi connectivity index (χ1v) is 27.7. The highest BCUT2D eigenvalue weighted by molar-refractivity contribution is 5.79. The Bertz CT molecular complexity index is 2100. The first-order chi connectivity index (χ1) is 35.6. The smallest absolute Gasteiger partial charge is 0.315 e. The fourth-order valence-electron chi connectivity index (χ4n) is 16.4. The predicted octanol–water partition coefficient (Wildman–Crippen LogP) is -1.01. The maximum Gasteiger partial charge on any atom is 0.315 e. The molecule has 13 N–H and O–H groups in total. The Morgan fingerprint density at radius 3 is 1.71 bits per heavy atom. The molecular weight excluding hydrogens is 1000 g/mol. The predicted molar refractivity (Wildman–Crippen MR) is 261 cm³/mol. The molecule has 0 aromatic rings. The van der Waals surface area contributed by atoms with Crippen LogP contribution in [0.3, 0.4) is 0 Å². The van der Waals surface area contributed by atoms with Crippen molar-refractivity contribution in [3.8, 4) is 0 Å². The molecule has 22 nitrogen and oxygen atoms in total. The number of carbonyl (C=O) groups is 1. The molecule has 9 aliphatic rings. The van der Waals surface area contributed by atoms with E-state index in [0.717, 1.165) is 12.8 Å². The number of aliphatic hydroxyl groups excluding tert-OH is 13. The van der Waals surface area contributed by atoms with E-state index in [1.54, 1.807) is 6.92 Å². The van der Waals surface area contributed by atoms with E-state index in [9.17, 15) is 66.4 Å². The van der Waals surface area contributed by atoms with Crippen LogP contribution >= 0.6 is 0 Å². The van der Waals surface area contributed by atoms with E-state index in [-0.39, 0.29) is 40.6 Å². The fraction of sp³-hybridized carbons (Fsp3) is 0.944. The molecule has 0 bridgehead atoms. The number of carbonyl (C=O) groups excluding carboxylic acids is 1. The maximum atomic E-state index is 15.3. The normalized spacial score (nSPS) is 55.2. The average molecular weight is 1090 g/mol. The third-order valence-electron chi connectivity index (χ3n) is 21.5. The highest BCUT2D eigenvalue weighted by Crippen LogP contribution is 2.76. The van der Waals surface area contributed by atoms with Crippen molar-refractivity contribution >= 4 is 5.97 Å². The van der Waals surface area contributed by atoms with Crippen molar-refractivity contribution in [3.63, 3.8) is 0 Å². The lowest BCUT2D eigenvalue weighted by molar-refractivity contribution is -0.374. The summed E-state index contributed by atoms with van der Waals surface area (Å²) in [6.07, 6.45) is -22.6. The molecule has 4 heterocycles. The number of allylic oxidation sites excluding steroid dienone is 2. The van der Waals surface area contributed by atoms with Crippen LogP contribution in [0, 0.1) is 50.2 Å². The largest absolute Gasteiger partial charge is 0.432 e. The van der Waals surface area contributed by atoms with E-state index in [1.165, 1.54) is 12.5 Å². The number of hydrogen-bond acceptors (Lipinski definition) is 22. The zero-order valence-electron chi connectivity index (χ0n) is 45.1. The van der Waals surface area contributed by atoms with Gasteiger partial charge in [0, 0.05) is 5.41 Å². The third kappa shape index (κ3) is 9.38. The molecule has 76 heavy (non-hydrogen) atoms. The quantitative estimate of drug-likeness (QED) is 0.0670. The topological polar surface area (TPSA) is 354 Å². The molecule has 8 fully saturated rings. The summed E-state index contributed by atoms with van der Waals surface area (Å²) in [5, 5.41) is 140. The number of fused-ring (bicyclic) bond motifs is 7. The lowest BCUT2D eigenvalue weighted by atomic mass is 9.33. The minimum atomic E-state index is -1.88. The molecule has 0 aromatic carbocycles. The summed E-state index contributed by atoms with van der Waals surface area (Å²) in [5.41, 5.74) is -1.88. The van der Waals surface area contributed by atoms with Crippen LogP contribution in [0.2, 0.25) is 0 Å². The molecule has 0 radical (unpaired) electrons. The first-order valence-electron chi connectivity index (χ1n) is 27.7. The molecule has 0 unspecified atom stereocenters. The molecule has 9 rings (SSSR count). The van der Waals surface area contributed by atoms with E-state index in [2.05, 4.69) is 40.7 Å². The summed E-state index contributed by atoms with van der Waals surface area (Å²) in [7, 11) is 0. The van der Waals surface area contributed by atoms with Crippen molar-refractivity contribution in [3.05, 3.63) is 11.6 Å². The summed E-state index contributed by atoms with van der Waals surface area (Å²) in [6, 6.07) is 0. The number of ether oxygens (including phenoxy) is 8.